The second-order valence-electron chi connectivity index (χ2n) is 4.50. The fourth-order valence-electron chi connectivity index (χ4n) is 2.14. The van der Waals surface area contributed by atoms with E-state index in [9.17, 15) is 0 Å². The molecule has 96 valence electrons. The molecule has 0 radical (unpaired) electrons. The summed E-state index contributed by atoms with van der Waals surface area (Å²) < 4.78 is 10.6. The fraction of sp³-hybridized carbons (Fsp3) is 0.500. The summed E-state index contributed by atoms with van der Waals surface area (Å²) in [7, 11) is 1.65. The van der Waals surface area contributed by atoms with Gasteiger partial charge in [0.15, 0.2) is 0 Å². The molecule has 1 N–H and O–H groups in total. The first-order chi connectivity index (χ1) is 8.83. The van der Waals surface area contributed by atoms with Gasteiger partial charge in [0.25, 0.3) is 0 Å². The molecule has 1 fully saturated rings. The Morgan fingerprint density at radius 3 is 3.11 bits per heavy atom. The molecule has 0 bridgehead atoms. The van der Waals surface area contributed by atoms with Crippen molar-refractivity contribution in [2.75, 3.05) is 26.9 Å². The monoisotopic (exact) mass is 246 g/mol. The van der Waals surface area contributed by atoms with Crippen LogP contribution in [0.1, 0.15) is 17.5 Å². The second-order valence-corrected chi connectivity index (χ2v) is 4.50. The highest BCUT2D eigenvalue weighted by molar-refractivity contribution is 5.41. The Balaban J connectivity index is 1.92. The molecule has 1 aliphatic rings. The maximum absolute atomic E-state index is 8.90. The third kappa shape index (κ3) is 3.22. The van der Waals surface area contributed by atoms with Gasteiger partial charge < -0.3 is 14.8 Å². The highest BCUT2D eigenvalue weighted by Crippen LogP contribution is 2.19. The number of benzene rings is 1. The van der Waals surface area contributed by atoms with E-state index in [2.05, 4.69) is 11.4 Å². The van der Waals surface area contributed by atoms with E-state index in [1.165, 1.54) is 0 Å². The van der Waals surface area contributed by atoms with Crippen LogP contribution in [-0.4, -0.2) is 26.9 Å². The largest absolute Gasteiger partial charge is 0.496 e. The van der Waals surface area contributed by atoms with Crippen molar-refractivity contribution in [3.05, 3.63) is 29.3 Å². The van der Waals surface area contributed by atoms with E-state index in [1.54, 1.807) is 13.2 Å². The topological polar surface area (TPSA) is 54.3 Å². The van der Waals surface area contributed by atoms with E-state index in [-0.39, 0.29) is 0 Å². The molecule has 1 aliphatic heterocycles. The predicted molar refractivity (Wildman–Crippen MR) is 68.3 cm³/mol. The van der Waals surface area contributed by atoms with E-state index in [0.717, 1.165) is 44.0 Å². The van der Waals surface area contributed by atoms with E-state index in [1.807, 2.05) is 12.1 Å². The van der Waals surface area contributed by atoms with Gasteiger partial charge in [0.2, 0.25) is 0 Å². The maximum Gasteiger partial charge on any atom is 0.123 e. The first kappa shape index (κ1) is 12.9. The molecule has 0 saturated carbocycles. The van der Waals surface area contributed by atoms with Crippen molar-refractivity contribution in [2.45, 2.75) is 13.0 Å². The lowest BCUT2D eigenvalue weighted by molar-refractivity contribution is 0.185. The lowest BCUT2D eigenvalue weighted by Gasteiger charge is -2.12. The van der Waals surface area contributed by atoms with Crippen molar-refractivity contribution < 1.29 is 9.47 Å². The van der Waals surface area contributed by atoms with Gasteiger partial charge in [-0.15, -0.1) is 0 Å². The normalized spacial score (nSPS) is 18.6. The van der Waals surface area contributed by atoms with Gasteiger partial charge in [-0.3, -0.25) is 0 Å². The SMILES string of the molecule is COc1ccc(C#N)cc1CNCC1CCOC1. The molecule has 4 heteroatoms. The number of methoxy groups -OCH3 is 1. The number of hydrogen-bond acceptors (Lipinski definition) is 4. The van der Waals surface area contributed by atoms with Crippen LogP contribution in [-0.2, 0) is 11.3 Å². The Labute approximate surface area is 108 Å². The lowest BCUT2D eigenvalue weighted by atomic mass is 10.1. The van der Waals surface area contributed by atoms with Crippen LogP contribution in [0.15, 0.2) is 18.2 Å². The summed E-state index contributed by atoms with van der Waals surface area (Å²) in [6, 6.07) is 7.63. The highest BCUT2D eigenvalue weighted by Gasteiger charge is 2.15. The first-order valence-corrected chi connectivity index (χ1v) is 6.19. The van der Waals surface area contributed by atoms with Gasteiger partial charge >= 0.3 is 0 Å². The van der Waals surface area contributed by atoms with Crippen molar-refractivity contribution >= 4 is 0 Å². The minimum atomic E-state index is 0.607. The number of nitriles is 1. The quantitative estimate of drug-likeness (QED) is 0.859. The van der Waals surface area contributed by atoms with Crippen molar-refractivity contribution in [2.24, 2.45) is 5.92 Å². The van der Waals surface area contributed by atoms with E-state index < -0.39 is 0 Å². The highest BCUT2D eigenvalue weighted by atomic mass is 16.5. The number of nitrogens with zero attached hydrogens (tertiary/aromatic N) is 1. The van der Waals surface area contributed by atoms with Crippen molar-refractivity contribution in [3.8, 4) is 11.8 Å². The number of ether oxygens (including phenoxy) is 2. The zero-order chi connectivity index (χ0) is 12.8. The summed E-state index contributed by atoms with van der Waals surface area (Å²) in [4.78, 5) is 0. The predicted octanol–water partition coefficient (Wildman–Crippen LogP) is 1.69. The lowest BCUT2D eigenvalue weighted by Crippen LogP contribution is -2.22. The third-order valence-corrected chi connectivity index (χ3v) is 3.18. The average molecular weight is 246 g/mol. The van der Waals surface area contributed by atoms with Crippen LogP contribution in [0.3, 0.4) is 0 Å². The second kappa shape index (κ2) is 6.39. The Hall–Kier alpha value is -1.57. The van der Waals surface area contributed by atoms with Crippen LogP contribution < -0.4 is 10.1 Å². The van der Waals surface area contributed by atoms with Crippen molar-refractivity contribution in [1.82, 2.24) is 5.32 Å². The smallest absolute Gasteiger partial charge is 0.123 e. The molecule has 0 spiro atoms. The molecule has 1 saturated heterocycles. The van der Waals surface area contributed by atoms with Crippen LogP contribution in [0.5, 0.6) is 5.75 Å². The summed E-state index contributed by atoms with van der Waals surface area (Å²) >= 11 is 0. The standard InChI is InChI=1S/C14H18N2O2/c1-17-14-3-2-11(7-15)6-13(14)9-16-8-12-4-5-18-10-12/h2-3,6,12,16H,4-5,8-10H2,1H3. The number of nitrogens with one attached hydrogen (secondary N) is 1. The van der Waals surface area contributed by atoms with Crippen LogP contribution in [0.4, 0.5) is 0 Å². The van der Waals surface area contributed by atoms with Gasteiger partial charge in [-0.05, 0) is 30.5 Å². The molecule has 18 heavy (non-hydrogen) atoms. The van der Waals surface area contributed by atoms with E-state index >= 15 is 0 Å². The zero-order valence-corrected chi connectivity index (χ0v) is 10.6. The zero-order valence-electron chi connectivity index (χ0n) is 10.6. The van der Waals surface area contributed by atoms with Crippen LogP contribution in [0.2, 0.25) is 0 Å². The van der Waals surface area contributed by atoms with Crippen molar-refractivity contribution in [1.29, 1.82) is 5.26 Å². The summed E-state index contributed by atoms with van der Waals surface area (Å²) in [5.41, 5.74) is 1.69. The van der Waals surface area contributed by atoms with Crippen LogP contribution in [0.25, 0.3) is 0 Å². The van der Waals surface area contributed by atoms with Gasteiger partial charge in [0, 0.05) is 25.3 Å². The van der Waals surface area contributed by atoms with Gasteiger partial charge in [-0.2, -0.15) is 5.26 Å². The number of rotatable bonds is 5. The molecule has 0 aliphatic carbocycles. The summed E-state index contributed by atoms with van der Waals surface area (Å²) in [6.07, 6.45) is 1.13. The molecule has 4 nitrogen and oxygen atoms in total. The summed E-state index contributed by atoms with van der Waals surface area (Å²) in [6.45, 7) is 3.39. The maximum atomic E-state index is 8.90. The van der Waals surface area contributed by atoms with Gasteiger partial charge in [0.1, 0.15) is 5.75 Å². The van der Waals surface area contributed by atoms with Gasteiger partial charge in [-0.1, -0.05) is 0 Å². The molecule has 0 aromatic heterocycles. The van der Waals surface area contributed by atoms with Gasteiger partial charge in [-0.25, -0.2) is 0 Å². The molecular weight excluding hydrogens is 228 g/mol. The molecular formula is C14H18N2O2. The molecule has 1 atom stereocenters. The molecule has 0 amide bonds. The Bertz CT molecular complexity index is 434. The van der Waals surface area contributed by atoms with E-state index in [4.69, 9.17) is 14.7 Å². The molecule has 1 heterocycles. The molecule has 1 unspecified atom stereocenters. The van der Waals surface area contributed by atoms with E-state index in [0.29, 0.717) is 11.5 Å². The fourth-order valence-corrected chi connectivity index (χ4v) is 2.14. The summed E-state index contributed by atoms with van der Waals surface area (Å²) in [5, 5.41) is 12.3. The van der Waals surface area contributed by atoms with Crippen LogP contribution in [0, 0.1) is 17.2 Å². The Morgan fingerprint density at radius 1 is 1.56 bits per heavy atom. The minimum absolute atomic E-state index is 0.607. The van der Waals surface area contributed by atoms with Crippen molar-refractivity contribution in [3.63, 3.8) is 0 Å². The van der Waals surface area contributed by atoms with Gasteiger partial charge in [0.05, 0.1) is 25.3 Å². The average Bonchev–Trinajstić information content (AvgIpc) is 2.92. The van der Waals surface area contributed by atoms with Crippen LogP contribution >= 0.6 is 0 Å². The number of hydrogen-bond donors (Lipinski definition) is 1. The third-order valence-electron chi connectivity index (χ3n) is 3.18. The summed E-state index contributed by atoms with van der Waals surface area (Å²) in [5.74, 6) is 1.43. The molecule has 1 aromatic carbocycles. The first-order valence-electron chi connectivity index (χ1n) is 6.19. The molecule has 2 rings (SSSR count). The molecule has 1 aromatic rings. The minimum Gasteiger partial charge on any atom is -0.496 e. The Morgan fingerprint density at radius 2 is 2.44 bits per heavy atom. The Kier molecular flexibility index (Phi) is 4.57.